The van der Waals surface area contributed by atoms with Gasteiger partial charge in [-0.15, -0.1) is 17.5 Å². The SMILES string of the molecule is [2H]c1cnc(-n2c3[c-]c(Oc4ccc5cccc(O)c5n4)ccc3c3ccccc32)c(C)c1.[Pt]. The molecule has 0 aliphatic carbocycles. The molecule has 0 amide bonds. The number of hydrogen-bond donors (Lipinski definition) is 1. The summed E-state index contributed by atoms with van der Waals surface area (Å²) in [7, 11) is 0. The molecule has 3 aromatic carbocycles. The van der Waals surface area contributed by atoms with Gasteiger partial charge in [0.05, 0.1) is 1.37 Å². The second-order valence-electron chi connectivity index (χ2n) is 7.61. The minimum absolute atomic E-state index is 0. The molecule has 0 unspecified atom stereocenters. The van der Waals surface area contributed by atoms with E-state index in [1.165, 1.54) is 0 Å². The summed E-state index contributed by atoms with van der Waals surface area (Å²) < 4.78 is 16.0. The van der Waals surface area contributed by atoms with E-state index in [1.807, 2.05) is 54.0 Å². The summed E-state index contributed by atoms with van der Waals surface area (Å²) in [4.78, 5) is 9.02. The first-order valence-corrected chi connectivity index (χ1v) is 10.2. The maximum atomic E-state index is 10.1. The van der Waals surface area contributed by atoms with Crippen LogP contribution < -0.4 is 4.74 Å². The molecule has 0 radical (unpaired) electrons. The number of benzene rings is 3. The normalized spacial score (nSPS) is 11.5. The van der Waals surface area contributed by atoms with Gasteiger partial charge >= 0.3 is 0 Å². The summed E-state index contributed by atoms with van der Waals surface area (Å²) >= 11 is 0. The van der Waals surface area contributed by atoms with Gasteiger partial charge in [0.1, 0.15) is 17.1 Å². The molecule has 3 heterocycles. The summed E-state index contributed by atoms with van der Waals surface area (Å²) in [6.45, 7) is 1.95. The van der Waals surface area contributed by atoms with Crippen LogP contribution in [0.4, 0.5) is 0 Å². The van der Waals surface area contributed by atoms with Crippen molar-refractivity contribution in [2.24, 2.45) is 0 Å². The summed E-state index contributed by atoms with van der Waals surface area (Å²) in [5.74, 6) is 1.73. The van der Waals surface area contributed by atoms with Crippen LogP contribution in [-0.2, 0) is 21.1 Å². The average molecular weight is 613 g/mol. The number of rotatable bonds is 3. The summed E-state index contributed by atoms with van der Waals surface area (Å²) in [6.07, 6.45) is 1.55. The van der Waals surface area contributed by atoms with Gasteiger partial charge in [-0.1, -0.05) is 41.9 Å². The van der Waals surface area contributed by atoms with Gasteiger partial charge in [0.25, 0.3) is 0 Å². The van der Waals surface area contributed by atoms with Gasteiger partial charge in [-0.05, 0) is 42.1 Å². The third-order valence-electron chi connectivity index (χ3n) is 5.57. The van der Waals surface area contributed by atoms with Crippen LogP contribution in [0.1, 0.15) is 6.93 Å². The molecule has 0 saturated carbocycles. The Morgan fingerprint density at radius 2 is 1.85 bits per heavy atom. The largest absolute Gasteiger partial charge is 0.506 e. The Morgan fingerprint density at radius 3 is 2.73 bits per heavy atom. The Kier molecular flexibility index (Phi) is 5.04. The second-order valence-corrected chi connectivity index (χ2v) is 7.61. The molecule has 6 rings (SSSR count). The Bertz CT molecular complexity index is 1700. The first-order chi connectivity index (χ1) is 16.1. The maximum absolute atomic E-state index is 10.1. The van der Waals surface area contributed by atoms with Crippen LogP contribution in [0.3, 0.4) is 0 Å². The summed E-state index contributed by atoms with van der Waals surface area (Å²) in [5.41, 5.74) is 3.21. The van der Waals surface area contributed by atoms with Crippen molar-refractivity contribution in [3.63, 3.8) is 0 Å². The Balaban J connectivity index is 0.00000241. The van der Waals surface area contributed by atoms with E-state index in [2.05, 4.69) is 22.1 Å². The molecule has 6 aromatic rings. The van der Waals surface area contributed by atoms with Crippen LogP contribution in [0.5, 0.6) is 17.4 Å². The van der Waals surface area contributed by atoms with Gasteiger partial charge in [0.15, 0.2) is 0 Å². The predicted molar refractivity (Wildman–Crippen MR) is 126 cm³/mol. The van der Waals surface area contributed by atoms with E-state index in [0.29, 0.717) is 23.2 Å². The van der Waals surface area contributed by atoms with Gasteiger partial charge in [0, 0.05) is 50.0 Å². The van der Waals surface area contributed by atoms with Crippen molar-refractivity contribution in [3.8, 4) is 23.2 Å². The van der Waals surface area contributed by atoms with Gasteiger partial charge < -0.3 is 14.4 Å². The van der Waals surface area contributed by atoms with E-state index in [0.717, 1.165) is 38.6 Å². The van der Waals surface area contributed by atoms with Crippen molar-refractivity contribution in [2.75, 3.05) is 0 Å². The number of para-hydroxylation sites is 2. The first-order valence-electron chi connectivity index (χ1n) is 10.7. The van der Waals surface area contributed by atoms with E-state index >= 15 is 0 Å². The smallest absolute Gasteiger partial charge is 0.217 e. The fraction of sp³-hybridized carbons (Fsp3) is 0.0370. The number of phenols is 1. The van der Waals surface area contributed by atoms with Crippen molar-refractivity contribution in [3.05, 3.63) is 96.7 Å². The number of phenolic OH excluding ortho intramolecular Hbond substituents is 1. The van der Waals surface area contributed by atoms with Gasteiger partial charge in [-0.2, -0.15) is 6.07 Å². The van der Waals surface area contributed by atoms with Gasteiger partial charge in [-0.25, -0.2) is 9.97 Å². The quantitative estimate of drug-likeness (QED) is 0.238. The fourth-order valence-corrected chi connectivity index (χ4v) is 4.10. The number of aryl methyl sites for hydroxylation is 1. The molecule has 3 aromatic heterocycles. The van der Waals surface area contributed by atoms with Crippen LogP contribution in [0.2, 0.25) is 0 Å². The monoisotopic (exact) mass is 612 g/mol. The molecule has 0 aliphatic heterocycles. The number of pyridine rings is 2. The standard InChI is InChI=1S/C27H18N3O2.Pt/c1-17-6-5-15-28-27(17)30-22-9-3-2-8-20(22)21-13-12-19(16-23(21)30)32-25-14-11-18-7-4-10-24(31)26(18)29-25;/h2-15,31H,1H3;/q-1;/i5D;. The molecule has 33 heavy (non-hydrogen) atoms. The van der Waals surface area contributed by atoms with Crippen LogP contribution >= 0.6 is 0 Å². The number of aromatic hydroxyl groups is 1. The number of fused-ring (bicyclic) bond motifs is 4. The number of aromatic nitrogens is 3. The zero-order valence-corrected chi connectivity index (χ0v) is 19.8. The Morgan fingerprint density at radius 1 is 0.970 bits per heavy atom. The van der Waals surface area contributed by atoms with Gasteiger partial charge in [-0.3, -0.25) is 0 Å². The van der Waals surface area contributed by atoms with E-state index in [-0.39, 0.29) is 26.8 Å². The molecule has 164 valence electrons. The van der Waals surface area contributed by atoms with Crippen molar-refractivity contribution in [1.29, 1.82) is 0 Å². The average Bonchev–Trinajstić information content (AvgIpc) is 3.13. The van der Waals surface area contributed by atoms with Crippen molar-refractivity contribution >= 4 is 32.7 Å². The summed E-state index contributed by atoms with van der Waals surface area (Å²) in [6, 6.07) is 26.5. The molecule has 1 N–H and O–H groups in total. The molecular weight excluding hydrogens is 593 g/mol. The molecule has 0 aliphatic rings. The van der Waals surface area contributed by atoms with Crippen LogP contribution in [0.15, 0.2) is 85.0 Å². The molecule has 0 saturated heterocycles. The van der Waals surface area contributed by atoms with E-state index in [4.69, 9.17) is 6.11 Å². The Hall–Kier alpha value is -3.69. The molecule has 0 bridgehead atoms. The topological polar surface area (TPSA) is 60.2 Å². The third kappa shape index (κ3) is 3.55. The number of hydrogen-bond acceptors (Lipinski definition) is 4. The van der Waals surface area contributed by atoms with Crippen LogP contribution in [0.25, 0.3) is 38.5 Å². The minimum Gasteiger partial charge on any atom is -0.506 e. The van der Waals surface area contributed by atoms with Gasteiger partial charge in [0.2, 0.25) is 5.88 Å². The number of nitrogens with zero attached hydrogens (tertiary/aromatic N) is 3. The van der Waals surface area contributed by atoms with E-state index < -0.39 is 0 Å². The summed E-state index contributed by atoms with van der Waals surface area (Å²) in [5, 5.41) is 13.1. The predicted octanol–water partition coefficient (Wildman–Crippen LogP) is 6.33. The van der Waals surface area contributed by atoms with Crippen LogP contribution in [-0.4, -0.2) is 19.6 Å². The third-order valence-corrected chi connectivity index (χ3v) is 5.57. The maximum Gasteiger partial charge on any atom is 0.217 e. The van der Waals surface area contributed by atoms with Crippen LogP contribution in [0, 0.1) is 13.0 Å². The zero-order valence-electron chi connectivity index (χ0n) is 18.5. The van der Waals surface area contributed by atoms with Crippen molar-refractivity contribution in [2.45, 2.75) is 6.92 Å². The Labute approximate surface area is 206 Å². The molecule has 0 spiro atoms. The molecule has 6 heteroatoms. The first kappa shape index (κ1) is 20.0. The number of ether oxygens (including phenoxy) is 1. The molecule has 0 atom stereocenters. The molecule has 5 nitrogen and oxygen atoms in total. The fourth-order valence-electron chi connectivity index (χ4n) is 4.10. The van der Waals surface area contributed by atoms with E-state index in [9.17, 15) is 5.11 Å². The van der Waals surface area contributed by atoms with Crippen molar-refractivity contribution in [1.82, 2.24) is 14.5 Å². The second kappa shape index (κ2) is 8.34. The minimum atomic E-state index is 0. The molecule has 0 fully saturated rings. The molecular formula is C27H18N3O2Pt-. The van der Waals surface area contributed by atoms with Crippen molar-refractivity contribution < 1.29 is 32.3 Å². The zero-order chi connectivity index (χ0) is 22.5. The van der Waals surface area contributed by atoms with E-state index in [1.54, 1.807) is 30.5 Å².